The highest BCUT2D eigenvalue weighted by molar-refractivity contribution is 5.97. The van der Waals surface area contributed by atoms with Gasteiger partial charge in [-0.3, -0.25) is 4.79 Å². The zero-order chi connectivity index (χ0) is 14.8. The number of hydrogen-bond acceptors (Lipinski definition) is 2. The van der Waals surface area contributed by atoms with Gasteiger partial charge in [-0.25, -0.2) is 4.79 Å². The van der Waals surface area contributed by atoms with Crippen LogP contribution in [0.15, 0.2) is 48.7 Å². The Morgan fingerprint density at radius 1 is 1.15 bits per heavy atom. The minimum atomic E-state index is -1.47. The second-order valence-corrected chi connectivity index (χ2v) is 4.75. The van der Waals surface area contributed by atoms with E-state index in [0.717, 1.165) is 0 Å². The average Bonchev–Trinajstić information content (AvgIpc) is 2.85. The van der Waals surface area contributed by atoms with Crippen LogP contribution in [-0.4, -0.2) is 21.6 Å². The molecule has 0 aliphatic rings. The molecule has 0 spiro atoms. The minimum absolute atomic E-state index is 0.411. The fourth-order valence-corrected chi connectivity index (χ4v) is 2.01. The molecule has 1 unspecified atom stereocenters. The predicted octanol–water partition coefficient (Wildman–Crippen LogP) is 1.75. The standard InChI is InChI=1S/C15H16N2O3/c1-15(14(19)20,11-7-4-3-5-8-11)16-13(18)12-9-6-10-17(12)2/h3-10H,1-2H3,(H,16,18)(H,19,20). The van der Waals surface area contributed by atoms with Crippen LogP contribution in [0.3, 0.4) is 0 Å². The van der Waals surface area contributed by atoms with Gasteiger partial charge in [0.1, 0.15) is 5.69 Å². The van der Waals surface area contributed by atoms with Crippen LogP contribution in [0.25, 0.3) is 0 Å². The van der Waals surface area contributed by atoms with E-state index in [1.165, 1.54) is 6.92 Å². The predicted molar refractivity (Wildman–Crippen MR) is 74.3 cm³/mol. The number of carbonyl (C=O) groups is 2. The summed E-state index contributed by atoms with van der Waals surface area (Å²) in [6.07, 6.45) is 1.73. The molecule has 5 nitrogen and oxygen atoms in total. The highest BCUT2D eigenvalue weighted by Crippen LogP contribution is 2.21. The van der Waals surface area contributed by atoms with E-state index >= 15 is 0 Å². The monoisotopic (exact) mass is 272 g/mol. The molecule has 1 heterocycles. The third-order valence-corrected chi connectivity index (χ3v) is 3.32. The summed E-state index contributed by atoms with van der Waals surface area (Å²) in [5.74, 6) is -1.53. The molecule has 20 heavy (non-hydrogen) atoms. The summed E-state index contributed by atoms with van der Waals surface area (Å²) in [5.41, 5.74) is -0.536. The van der Waals surface area contributed by atoms with Gasteiger partial charge in [0.15, 0.2) is 5.54 Å². The van der Waals surface area contributed by atoms with E-state index in [0.29, 0.717) is 11.3 Å². The van der Waals surface area contributed by atoms with Gasteiger partial charge in [-0.15, -0.1) is 0 Å². The van der Waals surface area contributed by atoms with Crippen molar-refractivity contribution in [1.29, 1.82) is 0 Å². The van der Waals surface area contributed by atoms with E-state index in [4.69, 9.17) is 0 Å². The molecular formula is C15H16N2O3. The van der Waals surface area contributed by atoms with E-state index in [-0.39, 0.29) is 0 Å². The summed E-state index contributed by atoms with van der Waals surface area (Å²) in [6, 6.07) is 12.0. The molecule has 0 fully saturated rings. The summed E-state index contributed by atoms with van der Waals surface area (Å²) in [4.78, 5) is 23.8. The fourth-order valence-electron chi connectivity index (χ4n) is 2.01. The first-order valence-electron chi connectivity index (χ1n) is 6.18. The van der Waals surface area contributed by atoms with Crippen LogP contribution in [-0.2, 0) is 17.4 Å². The topological polar surface area (TPSA) is 71.3 Å². The molecule has 0 saturated heterocycles. The largest absolute Gasteiger partial charge is 0.479 e. The molecule has 104 valence electrons. The molecule has 0 radical (unpaired) electrons. The van der Waals surface area contributed by atoms with Crippen LogP contribution in [0.5, 0.6) is 0 Å². The lowest BCUT2D eigenvalue weighted by molar-refractivity contribution is -0.144. The van der Waals surface area contributed by atoms with Gasteiger partial charge < -0.3 is 15.0 Å². The van der Waals surface area contributed by atoms with Crippen LogP contribution in [0, 0.1) is 0 Å². The van der Waals surface area contributed by atoms with Crippen LogP contribution < -0.4 is 5.32 Å². The van der Waals surface area contributed by atoms with E-state index in [1.54, 1.807) is 60.3 Å². The number of aliphatic carboxylic acids is 1. The molecule has 2 N–H and O–H groups in total. The maximum Gasteiger partial charge on any atom is 0.333 e. The molecule has 0 saturated carbocycles. The van der Waals surface area contributed by atoms with Crippen molar-refractivity contribution < 1.29 is 14.7 Å². The lowest BCUT2D eigenvalue weighted by atomic mass is 9.92. The number of amides is 1. The zero-order valence-corrected chi connectivity index (χ0v) is 11.3. The third kappa shape index (κ3) is 2.42. The Bertz CT molecular complexity index is 634. The molecule has 1 atom stereocenters. The smallest absolute Gasteiger partial charge is 0.333 e. The van der Waals surface area contributed by atoms with Crippen molar-refractivity contribution in [2.45, 2.75) is 12.5 Å². The van der Waals surface area contributed by atoms with Crippen molar-refractivity contribution in [2.75, 3.05) is 0 Å². The van der Waals surface area contributed by atoms with Crippen LogP contribution >= 0.6 is 0 Å². The van der Waals surface area contributed by atoms with Crippen LogP contribution in [0.2, 0.25) is 0 Å². The average molecular weight is 272 g/mol. The summed E-state index contributed by atoms with van der Waals surface area (Å²) < 4.78 is 1.64. The first-order valence-corrected chi connectivity index (χ1v) is 6.18. The van der Waals surface area contributed by atoms with Crippen LogP contribution in [0.1, 0.15) is 23.0 Å². The normalized spacial score (nSPS) is 13.5. The van der Waals surface area contributed by atoms with Gasteiger partial charge in [0.05, 0.1) is 0 Å². The Hall–Kier alpha value is -2.56. The number of carboxylic acids is 1. The van der Waals surface area contributed by atoms with Gasteiger partial charge in [-0.05, 0) is 24.6 Å². The van der Waals surface area contributed by atoms with Crippen molar-refractivity contribution in [2.24, 2.45) is 7.05 Å². The van der Waals surface area contributed by atoms with Crippen molar-refractivity contribution >= 4 is 11.9 Å². The molecule has 1 aromatic carbocycles. The maximum absolute atomic E-state index is 12.2. The number of carboxylic acid groups (broad SMARTS) is 1. The molecule has 2 rings (SSSR count). The number of nitrogens with zero attached hydrogens (tertiary/aromatic N) is 1. The number of aromatic nitrogens is 1. The van der Waals surface area contributed by atoms with E-state index in [9.17, 15) is 14.7 Å². The Kier molecular flexibility index (Phi) is 3.61. The molecule has 0 aliphatic carbocycles. The number of hydrogen-bond donors (Lipinski definition) is 2. The highest BCUT2D eigenvalue weighted by atomic mass is 16.4. The quantitative estimate of drug-likeness (QED) is 0.890. The number of rotatable bonds is 4. The molecular weight excluding hydrogens is 256 g/mol. The molecule has 5 heteroatoms. The van der Waals surface area contributed by atoms with Gasteiger partial charge in [-0.2, -0.15) is 0 Å². The lowest BCUT2D eigenvalue weighted by Crippen LogP contribution is -2.49. The van der Waals surface area contributed by atoms with Gasteiger partial charge in [-0.1, -0.05) is 30.3 Å². The summed E-state index contributed by atoms with van der Waals surface area (Å²) in [5, 5.41) is 12.1. The van der Waals surface area contributed by atoms with Gasteiger partial charge in [0.2, 0.25) is 0 Å². The number of nitrogens with one attached hydrogen (secondary N) is 1. The van der Waals surface area contributed by atoms with Gasteiger partial charge in [0, 0.05) is 13.2 Å². The highest BCUT2D eigenvalue weighted by Gasteiger charge is 2.37. The Morgan fingerprint density at radius 3 is 2.30 bits per heavy atom. The van der Waals surface area contributed by atoms with Crippen molar-refractivity contribution in [3.63, 3.8) is 0 Å². The van der Waals surface area contributed by atoms with Crippen molar-refractivity contribution in [3.8, 4) is 0 Å². The second-order valence-electron chi connectivity index (χ2n) is 4.75. The first-order chi connectivity index (χ1) is 9.45. The number of aryl methyl sites for hydroxylation is 1. The van der Waals surface area contributed by atoms with E-state index in [1.807, 2.05) is 0 Å². The molecule has 0 aliphatic heterocycles. The Labute approximate surface area is 116 Å². The Balaban J connectivity index is 2.34. The molecule has 0 bridgehead atoms. The summed E-state index contributed by atoms with van der Waals surface area (Å²) in [7, 11) is 1.73. The molecule has 1 amide bonds. The minimum Gasteiger partial charge on any atom is -0.479 e. The maximum atomic E-state index is 12.2. The number of carbonyl (C=O) groups excluding carboxylic acids is 1. The SMILES string of the molecule is Cn1cccc1C(=O)NC(C)(C(=O)O)c1ccccc1. The van der Waals surface area contributed by atoms with Crippen molar-refractivity contribution in [1.82, 2.24) is 9.88 Å². The van der Waals surface area contributed by atoms with Gasteiger partial charge in [0.25, 0.3) is 5.91 Å². The lowest BCUT2D eigenvalue weighted by Gasteiger charge is -2.26. The summed E-state index contributed by atoms with van der Waals surface area (Å²) >= 11 is 0. The second kappa shape index (κ2) is 5.21. The van der Waals surface area contributed by atoms with Gasteiger partial charge >= 0.3 is 5.97 Å². The van der Waals surface area contributed by atoms with Crippen molar-refractivity contribution in [3.05, 3.63) is 59.9 Å². The molecule has 1 aromatic heterocycles. The zero-order valence-electron chi connectivity index (χ0n) is 11.3. The molecule has 2 aromatic rings. The third-order valence-electron chi connectivity index (χ3n) is 3.32. The van der Waals surface area contributed by atoms with Crippen LogP contribution in [0.4, 0.5) is 0 Å². The Morgan fingerprint density at radius 2 is 1.80 bits per heavy atom. The summed E-state index contributed by atoms with van der Waals surface area (Å²) in [6.45, 7) is 1.48. The first kappa shape index (κ1) is 13.9. The van der Waals surface area contributed by atoms with E-state index in [2.05, 4.69) is 5.32 Å². The van der Waals surface area contributed by atoms with E-state index < -0.39 is 17.4 Å². The fraction of sp³-hybridized carbons (Fsp3) is 0.200. The number of benzene rings is 1.